The zero-order valence-corrected chi connectivity index (χ0v) is 18.4. The van der Waals surface area contributed by atoms with Crippen LogP contribution in [0.5, 0.6) is 0 Å². The Balaban J connectivity index is 1.88. The number of para-hydroxylation sites is 1. The maximum atomic E-state index is 12.9. The fraction of sp³-hybridized carbons (Fsp3) is 0.409. The zero-order chi connectivity index (χ0) is 21.1. The summed E-state index contributed by atoms with van der Waals surface area (Å²) in [6.45, 7) is 9.17. The van der Waals surface area contributed by atoms with Crippen molar-refractivity contribution in [2.45, 2.75) is 45.4 Å². The van der Waals surface area contributed by atoms with Crippen molar-refractivity contribution < 1.29 is 9.53 Å². The lowest BCUT2D eigenvalue weighted by Crippen LogP contribution is -2.25. The highest BCUT2D eigenvalue weighted by atomic mass is 32.2. The number of methoxy groups -OCH3 is 1. The third kappa shape index (κ3) is 4.31. The standard InChI is InChI=1S/C22H27N3O3S/c1-14(2)25-21(27)17-8-6-7-9-19(17)23-22(25)29-13-20(26)18-12-15(3)24(16(18)4)10-11-28-5/h6-9,12,14H,10-11,13H2,1-5H3. The van der Waals surface area contributed by atoms with Gasteiger partial charge in [-0.1, -0.05) is 23.9 Å². The lowest BCUT2D eigenvalue weighted by atomic mass is 10.2. The number of hydrogen-bond acceptors (Lipinski definition) is 5. The molecule has 2 heterocycles. The SMILES string of the molecule is COCCn1c(C)cc(C(=O)CSc2nc3ccccc3c(=O)n2C(C)C)c1C. The Bertz CT molecular complexity index is 1100. The highest BCUT2D eigenvalue weighted by molar-refractivity contribution is 7.99. The van der Waals surface area contributed by atoms with Gasteiger partial charge in [-0.3, -0.25) is 14.2 Å². The van der Waals surface area contributed by atoms with E-state index in [1.807, 2.05) is 52.0 Å². The van der Waals surface area contributed by atoms with Crippen LogP contribution in [0.25, 0.3) is 10.9 Å². The maximum Gasteiger partial charge on any atom is 0.262 e. The van der Waals surface area contributed by atoms with Crippen molar-refractivity contribution in [1.29, 1.82) is 0 Å². The van der Waals surface area contributed by atoms with E-state index in [4.69, 9.17) is 4.74 Å². The molecule has 7 heteroatoms. The van der Waals surface area contributed by atoms with Crippen molar-refractivity contribution in [3.8, 4) is 0 Å². The number of fused-ring (bicyclic) bond motifs is 1. The van der Waals surface area contributed by atoms with Crippen LogP contribution < -0.4 is 5.56 Å². The molecular formula is C22H27N3O3S. The first-order valence-electron chi connectivity index (χ1n) is 9.68. The Morgan fingerprint density at radius 3 is 2.66 bits per heavy atom. The number of aryl methyl sites for hydroxylation is 1. The summed E-state index contributed by atoms with van der Waals surface area (Å²) >= 11 is 1.32. The number of thioether (sulfide) groups is 1. The molecule has 0 spiro atoms. The van der Waals surface area contributed by atoms with Gasteiger partial charge in [0.15, 0.2) is 10.9 Å². The zero-order valence-electron chi connectivity index (χ0n) is 17.6. The van der Waals surface area contributed by atoms with Crippen LogP contribution in [-0.4, -0.2) is 39.4 Å². The predicted octanol–water partition coefficient (Wildman–Crippen LogP) is 4.02. The maximum absolute atomic E-state index is 12.9. The minimum atomic E-state index is -0.0710. The van der Waals surface area contributed by atoms with Crippen molar-refractivity contribution in [1.82, 2.24) is 14.1 Å². The first kappa shape index (κ1) is 21.3. The predicted molar refractivity (Wildman–Crippen MR) is 117 cm³/mol. The fourth-order valence-corrected chi connectivity index (χ4v) is 4.51. The molecule has 0 atom stereocenters. The van der Waals surface area contributed by atoms with Crippen LogP contribution in [0.3, 0.4) is 0 Å². The van der Waals surface area contributed by atoms with Gasteiger partial charge in [-0.05, 0) is 45.9 Å². The summed E-state index contributed by atoms with van der Waals surface area (Å²) in [6, 6.07) is 9.21. The molecule has 3 aromatic rings. The summed E-state index contributed by atoms with van der Waals surface area (Å²) in [6.07, 6.45) is 0. The van der Waals surface area contributed by atoms with E-state index in [1.54, 1.807) is 17.7 Å². The molecular weight excluding hydrogens is 386 g/mol. The molecule has 0 N–H and O–H groups in total. The van der Waals surface area contributed by atoms with E-state index >= 15 is 0 Å². The molecule has 0 radical (unpaired) electrons. The van der Waals surface area contributed by atoms with Gasteiger partial charge in [0.25, 0.3) is 5.56 Å². The third-order valence-electron chi connectivity index (χ3n) is 5.02. The molecule has 0 amide bonds. The Labute approximate surface area is 174 Å². The number of rotatable bonds is 8. The summed E-state index contributed by atoms with van der Waals surface area (Å²) in [5, 5.41) is 1.17. The summed E-state index contributed by atoms with van der Waals surface area (Å²) in [7, 11) is 1.67. The number of nitrogens with zero attached hydrogens (tertiary/aromatic N) is 3. The van der Waals surface area contributed by atoms with E-state index in [9.17, 15) is 9.59 Å². The number of Topliss-reactive ketones (excluding diaryl/α,β-unsaturated/α-hetero) is 1. The molecule has 3 rings (SSSR count). The molecule has 0 aliphatic heterocycles. The molecule has 6 nitrogen and oxygen atoms in total. The van der Waals surface area contributed by atoms with Crippen molar-refractivity contribution in [3.05, 3.63) is 57.6 Å². The molecule has 0 unspecified atom stereocenters. The Hall–Kier alpha value is -2.38. The van der Waals surface area contributed by atoms with Crippen LogP contribution >= 0.6 is 11.8 Å². The molecule has 1 aromatic carbocycles. The number of carbonyl (C=O) groups excluding carboxylic acids is 1. The van der Waals surface area contributed by atoms with Crippen molar-refractivity contribution >= 4 is 28.4 Å². The minimum absolute atomic E-state index is 0.0319. The highest BCUT2D eigenvalue weighted by Crippen LogP contribution is 2.23. The molecule has 0 saturated carbocycles. The van der Waals surface area contributed by atoms with E-state index in [0.29, 0.717) is 34.8 Å². The van der Waals surface area contributed by atoms with Gasteiger partial charge in [0.1, 0.15) is 0 Å². The first-order valence-corrected chi connectivity index (χ1v) is 10.7. The summed E-state index contributed by atoms with van der Waals surface area (Å²) in [4.78, 5) is 30.5. The lowest BCUT2D eigenvalue weighted by molar-refractivity contribution is 0.102. The van der Waals surface area contributed by atoms with Crippen LogP contribution in [0.4, 0.5) is 0 Å². The van der Waals surface area contributed by atoms with Crippen molar-refractivity contribution in [2.75, 3.05) is 19.5 Å². The minimum Gasteiger partial charge on any atom is -0.383 e. The molecule has 2 aromatic heterocycles. The largest absolute Gasteiger partial charge is 0.383 e. The highest BCUT2D eigenvalue weighted by Gasteiger charge is 2.19. The molecule has 0 bridgehead atoms. The second-order valence-electron chi connectivity index (χ2n) is 7.32. The summed E-state index contributed by atoms with van der Waals surface area (Å²) in [5.74, 6) is 0.260. The van der Waals surface area contributed by atoms with Crippen molar-refractivity contribution in [3.63, 3.8) is 0 Å². The second-order valence-corrected chi connectivity index (χ2v) is 8.26. The number of hydrogen-bond donors (Lipinski definition) is 0. The van der Waals surface area contributed by atoms with Gasteiger partial charge in [-0.15, -0.1) is 0 Å². The second kappa shape index (κ2) is 8.97. The number of carbonyl (C=O) groups is 1. The third-order valence-corrected chi connectivity index (χ3v) is 5.97. The van der Waals surface area contributed by atoms with E-state index in [0.717, 1.165) is 11.4 Å². The summed E-state index contributed by atoms with van der Waals surface area (Å²) in [5.41, 5.74) is 3.28. The molecule has 29 heavy (non-hydrogen) atoms. The molecule has 0 aliphatic carbocycles. The van der Waals surface area contributed by atoms with Gasteiger partial charge >= 0.3 is 0 Å². The quantitative estimate of drug-likeness (QED) is 0.317. The van der Waals surface area contributed by atoms with Gasteiger partial charge in [0.05, 0.1) is 23.3 Å². The van der Waals surface area contributed by atoms with E-state index in [1.165, 1.54) is 11.8 Å². The normalized spacial score (nSPS) is 11.5. The smallest absolute Gasteiger partial charge is 0.262 e. The van der Waals surface area contributed by atoms with Gasteiger partial charge in [0.2, 0.25) is 0 Å². The monoisotopic (exact) mass is 413 g/mol. The Kier molecular flexibility index (Phi) is 6.59. The molecule has 154 valence electrons. The van der Waals surface area contributed by atoms with Gasteiger partial charge in [-0.25, -0.2) is 4.98 Å². The Morgan fingerprint density at radius 2 is 1.97 bits per heavy atom. The first-order chi connectivity index (χ1) is 13.8. The van der Waals surface area contributed by atoms with Gasteiger partial charge in [0, 0.05) is 36.6 Å². The van der Waals surface area contributed by atoms with E-state index < -0.39 is 0 Å². The van der Waals surface area contributed by atoms with E-state index in [2.05, 4.69) is 9.55 Å². The Morgan fingerprint density at radius 1 is 1.24 bits per heavy atom. The number of ether oxygens (including phenoxy) is 1. The van der Waals surface area contributed by atoms with Gasteiger partial charge in [-0.2, -0.15) is 0 Å². The average Bonchev–Trinajstić information content (AvgIpc) is 2.98. The molecule has 0 saturated heterocycles. The molecule has 0 fully saturated rings. The average molecular weight is 414 g/mol. The number of ketones is 1. The van der Waals surface area contributed by atoms with Crippen LogP contribution in [0.15, 0.2) is 40.3 Å². The van der Waals surface area contributed by atoms with E-state index in [-0.39, 0.29) is 23.1 Å². The topological polar surface area (TPSA) is 66.1 Å². The summed E-state index contributed by atoms with van der Waals surface area (Å²) < 4.78 is 8.93. The number of benzene rings is 1. The fourth-order valence-electron chi connectivity index (χ4n) is 3.50. The molecule has 0 aliphatic rings. The van der Waals surface area contributed by atoms with Crippen LogP contribution in [0.2, 0.25) is 0 Å². The van der Waals surface area contributed by atoms with Crippen LogP contribution in [0.1, 0.15) is 41.6 Å². The van der Waals surface area contributed by atoms with Crippen LogP contribution in [-0.2, 0) is 11.3 Å². The number of aromatic nitrogens is 3. The van der Waals surface area contributed by atoms with Gasteiger partial charge < -0.3 is 9.30 Å². The van der Waals surface area contributed by atoms with Crippen molar-refractivity contribution in [2.24, 2.45) is 0 Å². The lowest BCUT2D eigenvalue weighted by Gasteiger charge is -2.16. The van der Waals surface area contributed by atoms with Crippen LogP contribution in [0, 0.1) is 13.8 Å².